The minimum Gasteiger partial charge on any atom is -0.449 e. The molecule has 0 aromatic carbocycles. The molecule has 0 atom stereocenters. The average Bonchev–Trinajstić information content (AvgIpc) is 2.14. The monoisotopic (exact) mass is 200 g/mol. The highest BCUT2D eigenvalue weighted by Crippen LogP contribution is 1.92. The number of carbonyl (C=O) groups excluding carboxylic acids is 1. The Bertz CT molecular complexity index is 211. The minimum atomic E-state index is -0.417. The molecule has 1 amide bonds. The number of rotatable bonds is 6. The summed E-state index contributed by atoms with van der Waals surface area (Å²) < 4.78 is 4.86. The van der Waals surface area contributed by atoms with Crippen LogP contribution >= 0.6 is 0 Å². The number of hydrogen-bond acceptors (Lipinski definition) is 3. The van der Waals surface area contributed by atoms with Gasteiger partial charge in [0.1, 0.15) is 0 Å². The summed E-state index contributed by atoms with van der Waals surface area (Å²) >= 11 is 0. The van der Waals surface area contributed by atoms with E-state index in [2.05, 4.69) is 15.3 Å². The van der Waals surface area contributed by atoms with Crippen molar-refractivity contribution in [3.05, 3.63) is 10.4 Å². The van der Waals surface area contributed by atoms with Gasteiger partial charge in [-0.15, -0.1) is 0 Å². The molecule has 0 saturated heterocycles. The SMILES string of the molecule is CC(C)COC(=O)NCCCN=[N+]=[N-]. The van der Waals surface area contributed by atoms with Crippen LogP contribution in [0.25, 0.3) is 10.4 Å². The van der Waals surface area contributed by atoms with Crippen LogP contribution in [0, 0.1) is 5.92 Å². The molecular formula is C8H16N4O2. The second-order valence-corrected chi connectivity index (χ2v) is 3.23. The van der Waals surface area contributed by atoms with Crippen molar-refractivity contribution >= 4 is 6.09 Å². The van der Waals surface area contributed by atoms with Crippen LogP contribution in [0.4, 0.5) is 4.79 Å². The molecule has 14 heavy (non-hydrogen) atoms. The molecule has 0 aromatic heterocycles. The predicted octanol–water partition coefficient (Wildman–Crippen LogP) is 2.07. The second kappa shape index (κ2) is 8.19. The van der Waals surface area contributed by atoms with Crippen molar-refractivity contribution in [3.63, 3.8) is 0 Å². The van der Waals surface area contributed by atoms with Crippen LogP contribution in [0.5, 0.6) is 0 Å². The molecule has 6 heteroatoms. The lowest BCUT2D eigenvalue weighted by molar-refractivity contribution is 0.133. The number of carbonyl (C=O) groups is 1. The molecule has 0 bridgehead atoms. The van der Waals surface area contributed by atoms with Gasteiger partial charge in [0, 0.05) is 18.0 Å². The molecule has 0 rings (SSSR count). The first-order chi connectivity index (χ1) is 6.66. The zero-order valence-corrected chi connectivity index (χ0v) is 8.56. The van der Waals surface area contributed by atoms with Crippen molar-refractivity contribution in [2.75, 3.05) is 19.7 Å². The lowest BCUT2D eigenvalue weighted by Gasteiger charge is -2.07. The van der Waals surface area contributed by atoms with Gasteiger partial charge in [0.2, 0.25) is 0 Å². The number of amides is 1. The van der Waals surface area contributed by atoms with E-state index in [4.69, 9.17) is 10.3 Å². The summed E-state index contributed by atoms with van der Waals surface area (Å²) in [5.74, 6) is 0.337. The third-order valence-electron chi connectivity index (χ3n) is 1.32. The maximum Gasteiger partial charge on any atom is 0.407 e. The molecule has 1 N–H and O–H groups in total. The number of azide groups is 1. The Kier molecular flexibility index (Phi) is 7.36. The number of alkyl carbamates (subject to hydrolysis) is 1. The largest absolute Gasteiger partial charge is 0.449 e. The summed E-state index contributed by atoms with van der Waals surface area (Å²) in [6.45, 7) is 5.21. The Morgan fingerprint density at radius 2 is 2.36 bits per heavy atom. The molecule has 80 valence electrons. The van der Waals surface area contributed by atoms with E-state index in [1.807, 2.05) is 13.8 Å². The smallest absolute Gasteiger partial charge is 0.407 e. The van der Waals surface area contributed by atoms with Gasteiger partial charge in [-0.25, -0.2) is 4.79 Å². The van der Waals surface area contributed by atoms with Crippen molar-refractivity contribution in [2.24, 2.45) is 11.0 Å². The summed E-state index contributed by atoms with van der Waals surface area (Å²) in [7, 11) is 0. The van der Waals surface area contributed by atoms with Gasteiger partial charge in [-0.05, 0) is 17.9 Å². The topological polar surface area (TPSA) is 87.1 Å². The summed E-state index contributed by atoms with van der Waals surface area (Å²) in [5, 5.41) is 5.88. The van der Waals surface area contributed by atoms with Crippen molar-refractivity contribution in [1.29, 1.82) is 0 Å². The van der Waals surface area contributed by atoms with E-state index in [0.717, 1.165) is 0 Å². The van der Waals surface area contributed by atoms with E-state index in [9.17, 15) is 4.79 Å². The molecule has 0 radical (unpaired) electrons. The zero-order chi connectivity index (χ0) is 10.8. The van der Waals surface area contributed by atoms with Gasteiger partial charge >= 0.3 is 6.09 Å². The zero-order valence-electron chi connectivity index (χ0n) is 8.56. The minimum absolute atomic E-state index is 0.337. The summed E-state index contributed by atoms with van der Waals surface area (Å²) in [4.78, 5) is 13.5. The molecule has 0 unspecified atom stereocenters. The summed E-state index contributed by atoms with van der Waals surface area (Å²) in [6, 6.07) is 0. The quantitative estimate of drug-likeness (QED) is 0.308. The fourth-order valence-corrected chi connectivity index (χ4v) is 0.678. The average molecular weight is 200 g/mol. The Morgan fingerprint density at radius 3 is 2.93 bits per heavy atom. The first kappa shape index (κ1) is 12.6. The third kappa shape index (κ3) is 8.67. The molecule has 0 heterocycles. The fourth-order valence-electron chi connectivity index (χ4n) is 0.678. The van der Waals surface area contributed by atoms with Crippen molar-refractivity contribution in [3.8, 4) is 0 Å². The fraction of sp³-hybridized carbons (Fsp3) is 0.875. The Morgan fingerprint density at radius 1 is 1.64 bits per heavy atom. The van der Waals surface area contributed by atoms with E-state index in [-0.39, 0.29) is 0 Å². The van der Waals surface area contributed by atoms with Crippen LogP contribution in [0.15, 0.2) is 5.11 Å². The van der Waals surface area contributed by atoms with Gasteiger partial charge in [-0.2, -0.15) is 0 Å². The normalized spacial score (nSPS) is 9.36. The van der Waals surface area contributed by atoms with Crippen molar-refractivity contribution in [2.45, 2.75) is 20.3 Å². The Balaban J connectivity index is 3.31. The molecule has 0 aliphatic heterocycles. The van der Waals surface area contributed by atoms with Crippen LogP contribution in [0.2, 0.25) is 0 Å². The van der Waals surface area contributed by atoms with Gasteiger partial charge in [-0.1, -0.05) is 19.0 Å². The van der Waals surface area contributed by atoms with Crippen LogP contribution in [0.3, 0.4) is 0 Å². The Hall–Kier alpha value is -1.42. The molecular weight excluding hydrogens is 184 g/mol. The summed E-state index contributed by atoms with van der Waals surface area (Å²) in [6.07, 6.45) is 0.209. The standard InChI is InChI=1S/C8H16N4O2/c1-7(2)6-14-8(13)10-4-3-5-11-12-9/h7H,3-6H2,1-2H3,(H,10,13). The molecule has 6 nitrogen and oxygen atoms in total. The molecule has 0 spiro atoms. The van der Waals surface area contributed by atoms with Gasteiger partial charge in [-0.3, -0.25) is 0 Å². The number of ether oxygens (including phenoxy) is 1. The van der Waals surface area contributed by atoms with E-state index >= 15 is 0 Å². The molecule has 0 fully saturated rings. The highest BCUT2D eigenvalue weighted by molar-refractivity contribution is 5.66. The summed E-state index contributed by atoms with van der Waals surface area (Å²) in [5.41, 5.74) is 7.97. The maximum atomic E-state index is 10.9. The van der Waals surface area contributed by atoms with Crippen LogP contribution < -0.4 is 5.32 Å². The Labute approximate surface area is 83.3 Å². The van der Waals surface area contributed by atoms with Gasteiger partial charge in [0.15, 0.2) is 0 Å². The van der Waals surface area contributed by atoms with E-state index in [0.29, 0.717) is 32.0 Å². The molecule has 0 aliphatic rings. The first-order valence-electron chi connectivity index (χ1n) is 4.58. The lowest BCUT2D eigenvalue weighted by Crippen LogP contribution is -2.26. The number of hydrogen-bond donors (Lipinski definition) is 1. The van der Waals surface area contributed by atoms with Gasteiger partial charge in [0.25, 0.3) is 0 Å². The van der Waals surface area contributed by atoms with Crippen LogP contribution in [0.1, 0.15) is 20.3 Å². The number of nitrogens with one attached hydrogen (secondary N) is 1. The van der Waals surface area contributed by atoms with Gasteiger partial charge < -0.3 is 10.1 Å². The lowest BCUT2D eigenvalue weighted by atomic mass is 10.2. The van der Waals surface area contributed by atoms with Crippen molar-refractivity contribution < 1.29 is 9.53 Å². The van der Waals surface area contributed by atoms with Crippen LogP contribution in [-0.2, 0) is 4.74 Å². The van der Waals surface area contributed by atoms with Gasteiger partial charge in [0.05, 0.1) is 6.61 Å². The maximum absolute atomic E-state index is 10.9. The highest BCUT2D eigenvalue weighted by Gasteiger charge is 2.01. The van der Waals surface area contributed by atoms with E-state index in [1.165, 1.54) is 0 Å². The molecule has 0 aromatic rings. The van der Waals surface area contributed by atoms with E-state index in [1.54, 1.807) is 0 Å². The number of nitrogens with zero attached hydrogens (tertiary/aromatic N) is 3. The predicted molar refractivity (Wildman–Crippen MR) is 52.8 cm³/mol. The van der Waals surface area contributed by atoms with Crippen molar-refractivity contribution in [1.82, 2.24) is 5.32 Å². The molecule has 0 aliphatic carbocycles. The second-order valence-electron chi connectivity index (χ2n) is 3.23. The first-order valence-corrected chi connectivity index (χ1v) is 4.58. The van der Waals surface area contributed by atoms with E-state index < -0.39 is 6.09 Å². The molecule has 0 saturated carbocycles. The highest BCUT2D eigenvalue weighted by atomic mass is 16.5. The third-order valence-corrected chi connectivity index (χ3v) is 1.32. The van der Waals surface area contributed by atoms with Crippen LogP contribution in [-0.4, -0.2) is 25.8 Å².